The van der Waals surface area contributed by atoms with Crippen molar-refractivity contribution in [2.45, 2.75) is 17.7 Å². The van der Waals surface area contributed by atoms with Gasteiger partial charge in [0.15, 0.2) is 0 Å². The van der Waals surface area contributed by atoms with Crippen LogP contribution in [0.15, 0.2) is 70.3 Å². The van der Waals surface area contributed by atoms with Crippen LogP contribution in [0.2, 0.25) is 0 Å². The van der Waals surface area contributed by atoms with E-state index in [4.69, 9.17) is 0 Å². The third kappa shape index (κ3) is 4.56. The maximum absolute atomic E-state index is 12.6. The van der Waals surface area contributed by atoms with Gasteiger partial charge < -0.3 is 4.90 Å². The highest BCUT2D eigenvalue weighted by atomic mass is 32.2. The molecule has 27 heavy (non-hydrogen) atoms. The van der Waals surface area contributed by atoms with Crippen molar-refractivity contribution in [2.75, 3.05) is 11.8 Å². The molecule has 0 aliphatic carbocycles. The summed E-state index contributed by atoms with van der Waals surface area (Å²) in [5.74, 6) is -0.120. The minimum absolute atomic E-state index is 0.120. The molecule has 3 rings (SSSR count). The Hall–Kier alpha value is -2.64. The van der Waals surface area contributed by atoms with Gasteiger partial charge in [-0.15, -0.1) is 11.3 Å². The summed E-state index contributed by atoms with van der Waals surface area (Å²) in [6.07, 6.45) is 0. The lowest BCUT2D eigenvalue weighted by atomic mass is 10.1. The lowest BCUT2D eigenvalue weighted by Crippen LogP contribution is -2.26. The zero-order chi connectivity index (χ0) is 19.4. The van der Waals surface area contributed by atoms with E-state index in [-0.39, 0.29) is 10.1 Å². The Bertz CT molecular complexity index is 1030. The smallest absolute Gasteiger partial charge is 0.271 e. The molecule has 5 nitrogen and oxygen atoms in total. The van der Waals surface area contributed by atoms with Gasteiger partial charge in [-0.05, 0) is 53.8 Å². The number of hydrogen-bond donors (Lipinski definition) is 1. The summed E-state index contributed by atoms with van der Waals surface area (Å²) in [6, 6.07) is 17.6. The Morgan fingerprint density at radius 3 is 2.37 bits per heavy atom. The number of benzene rings is 2. The number of sulfonamides is 1. The second kappa shape index (κ2) is 7.94. The topological polar surface area (TPSA) is 66.5 Å². The van der Waals surface area contributed by atoms with Gasteiger partial charge in [-0.1, -0.05) is 30.3 Å². The Balaban J connectivity index is 1.69. The molecule has 140 valence electrons. The molecule has 0 spiro atoms. The summed E-state index contributed by atoms with van der Waals surface area (Å²) < 4.78 is 27.3. The molecule has 1 amide bonds. The van der Waals surface area contributed by atoms with Gasteiger partial charge in [0, 0.05) is 24.8 Å². The minimum Gasteiger partial charge on any atom is -0.337 e. The van der Waals surface area contributed by atoms with Crippen LogP contribution in [-0.2, 0) is 16.6 Å². The molecule has 1 N–H and O–H groups in total. The SMILES string of the molecule is Cc1ccccc1CN(C)C(=O)c1ccc(NS(=O)(=O)c2cccs2)cc1. The van der Waals surface area contributed by atoms with Gasteiger partial charge in [0.05, 0.1) is 0 Å². The van der Waals surface area contributed by atoms with E-state index in [9.17, 15) is 13.2 Å². The number of amides is 1. The largest absolute Gasteiger partial charge is 0.337 e. The molecule has 0 saturated carbocycles. The van der Waals surface area contributed by atoms with Crippen LogP contribution in [0.4, 0.5) is 5.69 Å². The lowest BCUT2D eigenvalue weighted by Gasteiger charge is -2.19. The first-order valence-electron chi connectivity index (χ1n) is 8.33. The Labute approximate surface area is 163 Å². The van der Waals surface area contributed by atoms with E-state index in [1.165, 1.54) is 0 Å². The van der Waals surface area contributed by atoms with Crippen LogP contribution in [-0.4, -0.2) is 26.3 Å². The highest BCUT2D eigenvalue weighted by Gasteiger charge is 2.16. The summed E-state index contributed by atoms with van der Waals surface area (Å²) in [6.45, 7) is 2.53. The summed E-state index contributed by atoms with van der Waals surface area (Å²) in [5, 5.41) is 1.71. The van der Waals surface area contributed by atoms with Gasteiger partial charge in [0.25, 0.3) is 15.9 Å². The number of thiophene rings is 1. The van der Waals surface area contributed by atoms with Gasteiger partial charge >= 0.3 is 0 Å². The lowest BCUT2D eigenvalue weighted by molar-refractivity contribution is 0.0785. The third-order valence-corrected chi connectivity index (χ3v) is 6.94. The molecule has 1 aromatic heterocycles. The van der Waals surface area contributed by atoms with E-state index < -0.39 is 10.0 Å². The molecule has 0 saturated heterocycles. The first kappa shape index (κ1) is 19.1. The predicted octanol–water partition coefficient (Wildman–Crippen LogP) is 4.13. The molecule has 0 radical (unpaired) electrons. The molecular formula is C20H20N2O3S2. The van der Waals surface area contributed by atoms with Gasteiger partial charge in [-0.2, -0.15) is 0 Å². The fourth-order valence-corrected chi connectivity index (χ4v) is 4.69. The van der Waals surface area contributed by atoms with Crippen molar-refractivity contribution in [3.63, 3.8) is 0 Å². The first-order valence-corrected chi connectivity index (χ1v) is 10.7. The Morgan fingerprint density at radius 1 is 1.04 bits per heavy atom. The highest BCUT2D eigenvalue weighted by Crippen LogP contribution is 2.21. The number of rotatable bonds is 6. The number of nitrogens with zero attached hydrogens (tertiary/aromatic N) is 1. The van der Waals surface area contributed by atoms with Crippen molar-refractivity contribution in [3.05, 3.63) is 82.7 Å². The van der Waals surface area contributed by atoms with E-state index in [2.05, 4.69) is 4.72 Å². The second-order valence-electron chi connectivity index (χ2n) is 6.20. The van der Waals surface area contributed by atoms with Crippen molar-refractivity contribution in [1.29, 1.82) is 0 Å². The Kier molecular flexibility index (Phi) is 5.62. The number of carbonyl (C=O) groups excluding carboxylic acids is 1. The van der Waals surface area contributed by atoms with Crippen LogP contribution in [0.5, 0.6) is 0 Å². The Morgan fingerprint density at radius 2 is 1.74 bits per heavy atom. The fraction of sp³-hybridized carbons (Fsp3) is 0.150. The summed E-state index contributed by atoms with van der Waals surface area (Å²) in [4.78, 5) is 14.3. The maximum Gasteiger partial charge on any atom is 0.271 e. The quantitative estimate of drug-likeness (QED) is 0.677. The highest BCUT2D eigenvalue weighted by molar-refractivity contribution is 7.94. The minimum atomic E-state index is -3.59. The molecule has 0 bridgehead atoms. The zero-order valence-electron chi connectivity index (χ0n) is 15.0. The van der Waals surface area contributed by atoms with Crippen LogP contribution >= 0.6 is 11.3 Å². The molecule has 0 unspecified atom stereocenters. The summed E-state index contributed by atoms with van der Waals surface area (Å²) in [7, 11) is -1.84. The first-order chi connectivity index (χ1) is 12.9. The van der Waals surface area contributed by atoms with Crippen LogP contribution in [0.3, 0.4) is 0 Å². The molecule has 7 heteroatoms. The van der Waals surface area contributed by atoms with Crippen molar-refractivity contribution in [3.8, 4) is 0 Å². The van der Waals surface area contributed by atoms with Crippen molar-refractivity contribution >= 4 is 33.0 Å². The molecule has 0 atom stereocenters. The van der Waals surface area contributed by atoms with Crippen LogP contribution in [0.1, 0.15) is 21.5 Å². The zero-order valence-corrected chi connectivity index (χ0v) is 16.7. The van der Waals surface area contributed by atoms with Crippen LogP contribution in [0.25, 0.3) is 0 Å². The average Bonchev–Trinajstić information content (AvgIpc) is 3.19. The standard InChI is InChI=1S/C20H20N2O3S2/c1-15-6-3-4-7-17(15)14-22(2)20(23)16-9-11-18(12-10-16)21-27(24,25)19-8-5-13-26-19/h3-13,21H,14H2,1-2H3. The number of aryl methyl sites for hydroxylation is 1. The van der Waals surface area contributed by atoms with Crippen molar-refractivity contribution in [1.82, 2.24) is 4.90 Å². The molecular weight excluding hydrogens is 380 g/mol. The van der Waals surface area contributed by atoms with Crippen LogP contribution in [0, 0.1) is 6.92 Å². The predicted molar refractivity (Wildman–Crippen MR) is 109 cm³/mol. The maximum atomic E-state index is 12.6. The normalized spacial score (nSPS) is 11.2. The van der Waals surface area contributed by atoms with Gasteiger partial charge in [0.1, 0.15) is 4.21 Å². The number of carbonyl (C=O) groups is 1. The molecule has 0 aliphatic rings. The fourth-order valence-electron chi connectivity index (χ4n) is 2.64. The second-order valence-corrected chi connectivity index (χ2v) is 9.06. The number of nitrogens with one attached hydrogen (secondary N) is 1. The van der Waals surface area contributed by atoms with E-state index in [1.54, 1.807) is 53.7 Å². The number of hydrogen-bond acceptors (Lipinski definition) is 4. The van der Waals surface area contributed by atoms with E-state index in [0.717, 1.165) is 22.5 Å². The molecule has 0 aliphatic heterocycles. The molecule has 0 fully saturated rings. The van der Waals surface area contributed by atoms with E-state index in [0.29, 0.717) is 17.8 Å². The van der Waals surface area contributed by atoms with Gasteiger partial charge in [-0.3, -0.25) is 9.52 Å². The van der Waals surface area contributed by atoms with Crippen LogP contribution < -0.4 is 4.72 Å². The summed E-state index contributed by atoms with van der Waals surface area (Å²) in [5.41, 5.74) is 3.15. The van der Waals surface area contributed by atoms with E-state index >= 15 is 0 Å². The van der Waals surface area contributed by atoms with Gasteiger partial charge in [-0.25, -0.2) is 8.42 Å². The third-order valence-electron chi connectivity index (χ3n) is 4.16. The number of anilines is 1. The molecule has 2 aromatic carbocycles. The van der Waals surface area contributed by atoms with Crippen molar-refractivity contribution < 1.29 is 13.2 Å². The molecule has 1 heterocycles. The summed E-state index contributed by atoms with van der Waals surface area (Å²) >= 11 is 1.15. The van der Waals surface area contributed by atoms with Crippen molar-refractivity contribution in [2.24, 2.45) is 0 Å². The average molecular weight is 401 g/mol. The molecule has 3 aromatic rings. The van der Waals surface area contributed by atoms with E-state index in [1.807, 2.05) is 31.2 Å². The monoisotopic (exact) mass is 400 g/mol. The van der Waals surface area contributed by atoms with Gasteiger partial charge in [0.2, 0.25) is 0 Å².